The molecule has 0 bridgehead atoms. The largest absolute Gasteiger partial charge is 0.478 e. The van der Waals surface area contributed by atoms with Gasteiger partial charge >= 0.3 is 12.0 Å². The molecule has 0 radical (unpaired) electrons. The Morgan fingerprint density at radius 2 is 2.07 bits per heavy atom. The maximum atomic E-state index is 11.5. The number of carboxylic acids is 1. The fourth-order valence-corrected chi connectivity index (χ4v) is 1.37. The number of aliphatic carboxylic acids is 1. The second kappa shape index (κ2) is 4.13. The molecule has 0 spiro atoms. The normalized spacial score (nSPS) is 16.2. The maximum Gasteiger partial charge on any atom is 0.332 e. The van der Waals surface area contributed by atoms with Crippen LogP contribution in [0.5, 0.6) is 0 Å². The van der Waals surface area contributed by atoms with Crippen molar-refractivity contribution < 1.29 is 14.7 Å². The van der Waals surface area contributed by atoms with Crippen LogP contribution in [0.15, 0.2) is 12.2 Å². The van der Waals surface area contributed by atoms with Crippen molar-refractivity contribution >= 4 is 12.0 Å². The first-order chi connectivity index (χ1) is 6.56. The van der Waals surface area contributed by atoms with E-state index in [1.54, 1.807) is 4.90 Å². The standard InChI is InChI=1S/C9H14N2O3/c1-3-10-4-5-11(9(10)14)6-7(2)8(12)13/h2-6H2,1H3,(H,12,13). The van der Waals surface area contributed by atoms with Gasteiger partial charge in [0.2, 0.25) is 0 Å². The van der Waals surface area contributed by atoms with Crippen LogP contribution in [0.25, 0.3) is 0 Å². The highest BCUT2D eigenvalue weighted by molar-refractivity contribution is 5.87. The Labute approximate surface area is 82.6 Å². The van der Waals surface area contributed by atoms with Gasteiger partial charge in [-0.3, -0.25) is 0 Å². The zero-order valence-electron chi connectivity index (χ0n) is 8.19. The first kappa shape index (κ1) is 10.6. The number of amides is 2. The molecule has 5 heteroatoms. The molecule has 1 heterocycles. The summed E-state index contributed by atoms with van der Waals surface area (Å²) in [6.07, 6.45) is 0. The number of carboxylic acid groups (broad SMARTS) is 1. The average Bonchev–Trinajstić information content (AvgIpc) is 2.47. The van der Waals surface area contributed by atoms with Gasteiger partial charge in [0.25, 0.3) is 0 Å². The lowest BCUT2D eigenvalue weighted by molar-refractivity contribution is -0.132. The third kappa shape index (κ3) is 2.04. The van der Waals surface area contributed by atoms with Crippen molar-refractivity contribution in [3.8, 4) is 0 Å². The molecule has 0 atom stereocenters. The van der Waals surface area contributed by atoms with Crippen molar-refractivity contribution in [3.05, 3.63) is 12.2 Å². The first-order valence-corrected chi connectivity index (χ1v) is 4.51. The summed E-state index contributed by atoms with van der Waals surface area (Å²) in [5, 5.41) is 8.60. The van der Waals surface area contributed by atoms with Gasteiger partial charge in [0.05, 0.1) is 6.54 Å². The minimum atomic E-state index is -1.05. The predicted molar refractivity (Wildman–Crippen MR) is 51.0 cm³/mol. The van der Waals surface area contributed by atoms with Crippen molar-refractivity contribution in [1.82, 2.24) is 9.80 Å². The Balaban J connectivity index is 2.52. The topological polar surface area (TPSA) is 60.9 Å². The van der Waals surface area contributed by atoms with Crippen LogP contribution in [0, 0.1) is 0 Å². The Kier molecular flexibility index (Phi) is 3.11. The van der Waals surface area contributed by atoms with E-state index in [0.29, 0.717) is 19.6 Å². The van der Waals surface area contributed by atoms with Gasteiger partial charge in [0.1, 0.15) is 0 Å². The van der Waals surface area contributed by atoms with E-state index in [0.717, 1.165) is 0 Å². The highest BCUT2D eigenvalue weighted by atomic mass is 16.4. The number of hydrogen-bond donors (Lipinski definition) is 1. The molecule has 0 saturated carbocycles. The molecule has 2 amide bonds. The van der Waals surface area contributed by atoms with E-state index in [1.807, 2.05) is 6.92 Å². The molecule has 78 valence electrons. The van der Waals surface area contributed by atoms with Crippen LogP contribution in [0.2, 0.25) is 0 Å². The van der Waals surface area contributed by atoms with Crippen LogP contribution in [0.4, 0.5) is 4.79 Å². The Morgan fingerprint density at radius 3 is 2.50 bits per heavy atom. The number of carbonyl (C=O) groups excluding carboxylic acids is 1. The van der Waals surface area contributed by atoms with E-state index in [-0.39, 0.29) is 18.1 Å². The lowest BCUT2D eigenvalue weighted by Crippen LogP contribution is -2.33. The summed E-state index contributed by atoms with van der Waals surface area (Å²) < 4.78 is 0. The Hall–Kier alpha value is -1.52. The van der Waals surface area contributed by atoms with Crippen molar-refractivity contribution in [2.45, 2.75) is 6.92 Å². The fraction of sp³-hybridized carbons (Fsp3) is 0.556. The molecule has 0 aromatic carbocycles. The minimum Gasteiger partial charge on any atom is -0.478 e. The van der Waals surface area contributed by atoms with Crippen LogP contribution in [-0.4, -0.2) is 53.1 Å². The molecular weight excluding hydrogens is 184 g/mol. The van der Waals surface area contributed by atoms with Crippen LogP contribution in [-0.2, 0) is 4.79 Å². The summed E-state index contributed by atoms with van der Waals surface area (Å²) >= 11 is 0. The minimum absolute atomic E-state index is 0.0521. The van der Waals surface area contributed by atoms with E-state index in [9.17, 15) is 9.59 Å². The molecule has 1 saturated heterocycles. The van der Waals surface area contributed by atoms with Gasteiger partial charge in [0, 0.05) is 25.2 Å². The molecular formula is C9H14N2O3. The van der Waals surface area contributed by atoms with Crippen LogP contribution in [0.1, 0.15) is 6.92 Å². The Bertz CT molecular complexity index is 275. The van der Waals surface area contributed by atoms with E-state index in [1.165, 1.54) is 4.90 Å². The smallest absolute Gasteiger partial charge is 0.332 e. The first-order valence-electron chi connectivity index (χ1n) is 4.51. The number of urea groups is 1. The summed E-state index contributed by atoms with van der Waals surface area (Å²) in [5.74, 6) is -1.05. The highest BCUT2D eigenvalue weighted by Gasteiger charge is 2.27. The van der Waals surface area contributed by atoms with E-state index in [4.69, 9.17) is 5.11 Å². The summed E-state index contributed by atoms with van der Waals surface area (Å²) in [6.45, 7) is 7.32. The lowest BCUT2D eigenvalue weighted by Gasteiger charge is -2.16. The quantitative estimate of drug-likeness (QED) is 0.664. The average molecular weight is 198 g/mol. The predicted octanol–water partition coefficient (Wildman–Crippen LogP) is 0.385. The number of nitrogens with zero attached hydrogens (tertiary/aromatic N) is 2. The van der Waals surface area contributed by atoms with Crippen LogP contribution >= 0.6 is 0 Å². The molecule has 5 nitrogen and oxygen atoms in total. The summed E-state index contributed by atoms with van der Waals surface area (Å²) in [4.78, 5) is 25.2. The molecule has 1 fully saturated rings. The zero-order chi connectivity index (χ0) is 10.7. The second-order valence-corrected chi connectivity index (χ2v) is 3.19. The number of likely N-dealkylation sites (N-methyl/N-ethyl adjacent to an activating group) is 1. The van der Waals surface area contributed by atoms with Crippen molar-refractivity contribution in [2.75, 3.05) is 26.2 Å². The highest BCUT2D eigenvalue weighted by Crippen LogP contribution is 2.09. The van der Waals surface area contributed by atoms with Crippen molar-refractivity contribution in [3.63, 3.8) is 0 Å². The molecule has 0 aromatic heterocycles. The van der Waals surface area contributed by atoms with Gasteiger partial charge in [-0.05, 0) is 6.92 Å². The van der Waals surface area contributed by atoms with Gasteiger partial charge in [-0.15, -0.1) is 0 Å². The monoisotopic (exact) mass is 198 g/mol. The zero-order valence-corrected chi connectivity index (χ0v) is 8.19. The van der Waals surface area contributed by atoms with E-state index >= 15 is 0 Å². The third-order valence-electron chi connectivity index (χ3n) is 2.25. The molecule has 0 unspecified atom stereocenters. The Morgan fingerprint density at radius 1 is 1.50 bits per heavy atom. The molecule has 1 aliphatic rings. The number of rotatable bonds is 4. The SMILES string of the molecule is C=C(CN1CCN(CC)C1=O)C(=O)O. The van der Waals surface area contributed by atoms with Gasteiger partial charge in [-0.2, -0.15) is 0 Å². The van der Waals surface area contributed by atoms with Gasteiger partial charge in [0.15, 0.2) is 0 Å². The van der Waals surface area contributed by atoms with Gasteiger partial charge < -0.3 is 14.9 Å². The van der Waals surface area contributed by atoms with Gasteiger partial charge in [-0.1, -0.05) is 6.58 Å². The second-order valence-electron chi connectivity index (χ2n) is 3.19. The molecule has 14 heavy (non-hydrogen) atoms. The van der Waals surface area contributed by atoms with E-state index in [2.05, 4.69) is 6.58 Å². The molecule has 1 N–H and O–H groups in total. The number of hydrogen-bond acceptors (Lipinski definition) is 2. The third-order valence-corrected chi connectivity index (χ3v) is 2.25. The van der Waals surface area contributed by atoms with Crippen molar-refractivity contribution in [1.29, 1.82) is 0 Å². The summed E-state index contributed by atoms with van der Waals surface area (Å²) in [6, 6.07) is -0.102. The summed E-state index contributed by atoms with van der Waals surface area (Å²) in [7, 11) is 0. The van der Waals surface area contributed by atoms with E-state index < -0.39 is 5.97 Å². The molecule has 1 aliphatic heterocycles. The van der Waals surface area contributed by atoms with Gasteiger partial charge in [-0.25, -0.2) is 9.59 Å². The number of carbonyl (C=O) groups is 2. The molecule has 0 aromatic rings. The van der Waals surface area contributed by atoms with Crippen molar-refractivity contribution in [2.24, 2.45) is 0 Å². The fourth-order valence-electron chi connectivity index (χ4n) is 1.37. The summed E-state index contributed by atoms with van der Waals surface area (Å²) in [5.41, 5.74) is 0.0521. The maximum absolute atomic E-state index is 11.5. The lowest BCUT2D eigenvalue weighted by atomic mass is 10.3. The molecule has 0 aliphatic carbocycles. The van der Waals surface area contributed by atoms with Crippen LogP contribution < -0.4 is 0 Å². The van der Waals surface area contributed by atoms with Crippen LogP contribution in [0.3, 0.4) is 0 Å². The molecule has 1 rings (SSSR count).